The van der Waals surface area contributed by atoms with Gasteiger partial charge in [-0.2, -0.15) is 13.2 Å². The van der Waals surface area contributed by atoms with Crippen molar-refractivity contribution in [1.29, 1.82) is 0 Å². The Hall–Kier alpha value is -2.24. The number of aliphatic hydroxyl groups excluding tert-OH is 2. The number of aromatic nitrogens is 3. The number of halogens is 4. The molecule has 2 N–H and O–H groups in total. The van der Waals surface area contributed by atoms with E-state index in [0.717, 1.165) is 11.1 Å². The van der Waals surface area contributed by atoms with Gasteiger partial charge in [-0.25, -0.2) is 9.97 Å². The number of benzene rings is 1. The number of hydrogen-bond donors (Lipinski definition) is 2. The number of rotatable bonds is 2. The first-order valence-electron chi connectivity index (χ1n) is 9.94. The molecule has 0 spiro atoms. The molecule has 3 aromatic rings. The number of alkyl halides is 3. The second kappa shape index (κ2) is 7.67. The summed E-state index contributed by atoms with van der Waals surface area (Å²) in [7, 11) is 0. The summed E-state index contributed by atoms with van der Waals surface area (Å²) in [6.45, 7) is 1.17. The van der Waals surface area contributed by atoms with Crippen LogP contribution in [0.3, 0.4) is 0 Å². The summed E-state index contributed by atoms with van der Waals surface area (Å²) in [6, 6.07) is 5.93. The Balaban J connectivity index is 1.51. The summed E-state index contributed by atoms with van der Waals surface area (Å²) in [6.07, 6.45) is -7.39. The van der Waals surface area contributed by atoms with Crippen LogP contribution in [0.1, 0.15) is 35.1 Å². The number of hydrogen-bond acceptors (Lipinski definition) is 6. The fourth-order valence-electron chi connectivity index (χ4n) is 4.50. The molecule has 32 heavy (non-hydrogen) atoms. The average molecular weight is 470 g/mol. The highest BCUT2D eigenvalue weighted by atomic mass is 35.5. The molecule has 0 bridgehead atoms. The first-order valence-corrected chi connectivity index (χ1v) is 10.3. The molecule has 0 saturated carbocycles. The molecule has 4 heterocycles. The van der Waals surface area contributed by atoms with E-state index in [1.807, 2.05) is 6.92 Å². The third-order valence-electron chi connectivity index (χ3n) is 6.12. The third-order valence-corrected chi connectivity index (χ3v) is 6.36. The van der Waals surface area contributed by atoms with Gasteiger partial charge in [-0.3, -0.25) is 0 Å². The minimum Gasteiger partial charge on any atom is -0.387 e. The van der Waals surface area contributed by atoms with E-state index in [1.54, 1.807) is 16.8 Å². The highest BCUT2D eigenvalue weighted by Gasteiger charge is 2.52. The van der Waals surface area contributed by atoms with Gasteiger partial charge in [0, 0.05) is 16.6 Å². The summed E-state index contributed by atoms with van der Waals surface area (Å²) in [5.41, 5.74) is 1.43. The third kappa shape index (κ3) is 3.37. The monoisotopic (exact) mass is 469 g/mol. The molecule has 2 aliphatic rings. The second-order valence-electron chi connectivity index (χ2n) is 8.01. The van der Waals surface area contributed by atoms with Gasteiger partial charge in [0.15, 0.2) is 6.23 Å². The standard InChI is InChI=1S/C21H19ClF3N3O4/c1-9-11-4-5-28(19(11)27-8-26-9)20-16(30)15(29)18(32-20)17-12-3-2-10(22)6-13(12)14(7-31-17)21(23,24)25/h2-6,8,14-18,20,29-30H,7H2,1H3/t14?,15-,16+,17+,18-,20+/m0/s1. The van der Waals surface area contributed by atoms with E-state index in [0.29, 0.717) is 5.65 Å². The first-order chi connectivity index (χ1) is 15.2. The van der Waals surface area contributed by atoms with Gasteiger partial charge in [-0.05, 0) is 36.2 Å². The van der Waals surface area contributed by atoms with Gasteiger partial charge < -0.3 is 24.3 Å². The molecule has 6 atom stereocenters. The molecule has 11 heteroatoms. The van der Waals surface area contributed by atoms with Crippen molar-refractivity contribution in [3.8, 4) is 0 Å². The van der Waals surface area contributed by atoms with Gasteiger partial charge in [-0.1, -0.05) is 17.7 Å². The van der Waals surface area contributed by atoms with E-state index in [9.17, 15) is 23.4 Å². The van der Waals surface area contributed by atoms with Crippen LogP contribution in [0.4, 0.5) is 13.2 Å². The van der Waals surface area contributed by atoms with E-state index in [2.05, 4.69) is 9.97 Å². The van der Waals surface area contributed by atoms with E-state index in [-0.39, 0.29) is 16.1 Å². The van der Waals surface area contributed by atoms with E-state index in [4.69, 9.17) is 21.1 Å². The number of aryl methyl sites for hydroxylation is 1. The van der Waals surface area contributed by atoms with Crippen LogP contribution in [0.2, 0.25) is 5.02 Å². The van der Waals surface area contributed by atoms with E-state index < -0.39 is 49.3 Å². The van der Waals surface area contributed by atoms with Crippen molar-refractivity contribution in [2.24, 2.45) is 0 Å². The van der Waals surface area contributed by atoms with Crippen LogP contribution in [-0.4, -0.2) is 55.8 Å². The van der Waals surface area contributed by atoms with Gasteiger partial charge in [0.05, 0.1) is 12.3 Å². The van der Waals surface area contributed by atoms with Crippen molar-refractivity contribution >= 4 is 22.6 Å². The van der Waals surface area contributed by atoms with Crippen LogP contribution < -0.4 is 0 Å². The molecule has 0 aliphatic carbocycles. The summed E-state index contributed by atoms with van der Waals surface area (Å²) in [4.78, 5) is 8.36. The largest absolute Gasteiger partial charge is 0.397 e. The van der Waals surface area contributed by atoms with Crippen molar-refractivity contribution in [2.75, 3.05) is 6.61 Å². The molecule has 2 aromatic heterocycles. The molecule has 5 rings (SSSR count). The zero-order chi connectivity index (χ0) is 22.8. The fourth-order valence-corrected chi connectivity index (χ4v) is 4.68. The maximum Gasteiger partial charge on any atom is 0.397 e. The topological polar surface area (TPSA) is 89.6 Å². The number of nitrogens with zero attached hydrogens (tertiary/aromatic N) is 3. The van der Waals surface area contributed by atoms with Crippen LogP contribution in [0.15, 0.2) is 36.8 Å². The fraction of sp³-hybridized carbons (Fsp3) is 0.429. The lowest BCUT2D eigenvalue weighted by Gasteiger charge is -2.36. The zero-order valence-corrected chi connectivity index (χ0v) is 17.5. The molecule has 2 aliphatic heterocycles. The Kier molecular flexibility index (Phi) is 5.18. The zero-order valence-electron chi connectivity index (χ0n) is 16.7. The van der Waals surface area contributed by atoms with Gasteiger partial charge in [0.25, 0.3) is 0 Å². The predicted octanol–water partition coefficient (Wildman–Crippen LogP) is 3.43. The lowest BCUT2D eigenvalue weighted by atomic mass is 9.86. The van der Waals surface area contributed by atoms with Crippen LogP contribution in [-0.2, 0) is 9.47 Å². The number of ether oxygens (including phenoxy) is 2. The first kappa shape index (κ1) is 21.6. The van der Waals surface area contributed by atoms with Crippen LogP contribution in [0.25, 0.3) is 11.0 Å². The minimum atomic E-state index is -4.52. The molecular weight excluding hydrogens is 451 g/mol. The lowest BCUT2D eigenvalue weighted by Crippen LogP contribution is -2.40. The van der Waals surface area contributed by atoms with Gasteiger partial charge in [0.1, 0.15) is 42.3 Å². The Morgan fingerprint density at radius 1 is 1.12 bits per heavy atom. The van der Waals surface area contributed by atoms with Crippen molar-refractivity contribution < 1.29 is 32.9 Å². The smallest absolute Gasteiger partial charge is 0.387 e. The second-order valence-corrected chi connectivity index (χ2v) is 8.45. The molecule has 7 nitrogen and oxygen atoms in total. The summed E-state index contributed by atoms with van der Waals surface area (Å²) in [5.74, 6) is -1.85. The van der Waals surface area contributed by atoms with Crippen LogP contribution >= 0.6 is 11.6 Å². The van der Waals surface area contributed by atoms with Crippen LogP contribution in [0, 0.1) is 6.92 Å². The van der Waals surface area contributed by atoms with Gasteiger partial charge in [0.2, 0.25) is 0 Å². The average Bonchev–Trinajstić information content (AvgIpc) is 3.29. The Labute approximate surface area is 185 Å². The van der Waals surface area contributed by atoms with Gasteiger partial charge in [-0.15, -0.1) is 0 Å². The molecule has 1 fully saturated rings. The van der Waals surface area contributed by atoms with Gasteiger partial charge >= 0.3 is 6.18 Å². The molecule has 170 valence electrons. The van der Waals surface area contributed by atoms with Crippen molar-refractivity contribution in [3.05, 3.63) is 58.6 Å². The van der Waals surface area contributed by atoms with Crippen molar-refractivity contribution in [2.45, 2.75) is 49.7 Å². The number of aliphatic hydroxyl groups is 2. The molecule has 0 radical (unpaired) electrons. The summed E-state index contributed by atoms with van der Waals surface area (Å²) < 4.78 is 53.8. The Morgan fingerprint density at radius 3 is 2.66 bits per heavy atom. The van der Waals surface area contributed by atoms with Crippen molar-refractivity contribution in [3.63, 3.8) is 0 Å². The SMILES string of the molecule is Cc1ncnc2c1ccn2[C@@H]1O[C@H]([C@@H]2OCC(C(F)(F)F)c3cc(Cl)ccc32)[C@@H](O)[C@H]1O. The molecular formula is C21H19ClF3N3O4. The highest BCUT2D eigenvalue weighted by Crippen LogP contribution is 2.48. The molecule has 0 amide bonds. The lowest BCUT2D eigenvalue weighted by molar-refractivity contribution is -0.185. The summed E-state index contributed by atoms with van der Waals surface area (Å²) >= 11 is 5.97. The number of fused-ring (bicyclic) bond motifs is 2. The Bertz CT molecular complexity index is 1170. The van der Waals surface area contributed by atoms with Crippen molar-refractivity contribution in [1.82, 2.24) is 14.5 Å². The normalized spacial score (nSPS) is 30.6. The highest BCUT2D eigenvalue weighted by molar-refractivity contribution is 6.30. The maximum atomic E-state index is 13.6. The van der Waals surface area contributed by atoms with E-state index >= 15 is 0 Å². The van der Waals surface area contributed by atoms with E-state index in [1.165, 1.54) is 24.5 Å². The molecule has 1 saturated heterocycles. The molecule has 1 aromatic carbocycles. The molecule has 1 unspecified atom stereocenters. The Morgan fingerprint density at radius 2 is 1.91 bits per heavy atom. The van der Waals surface area contributed by atoms with Crippen LogP contribution in [0.5, 0.6) is 0 Å². The predicted molar refractivity (Wildman–Crippen MR) is 107 cm³/mol. The minimum absolute atomic E-state index is 0.0234. The maximum absolute atomic E-state index is 13.6. The summed E-state index contributed by atoms with van der Waals surface area (Å²) in [5, 5.41) is 22.4. The quantitative estimate of drug-likeness (QED) is 0.598.